The summed E-state index contributed by atoms with van der Waals surface area (Å²) in [6.45, 7) is 3.21. The summed E-state index contributed by atoms with van der Waals surface area (Å²) in [5.41, 5.74) is 2.30. The van der Waals surface area contributed by atoms with Crippen molar-refractivity contribution >= 4 is 0 Å². The number of hydrogen-bond acceptors (Lipinski definition) is 4. The molecule has 1 aliphatic heterocycles. The van der Waals surface area contributed by atoms with E-state index in [4.69, 9.17) is 9.47 Å². The molecule has 0 aromatic carbocycles. The number of ether oxygens (including phenoxy) is 2. The monoisotopic (exact) mass is 287 g/mol. The quantitative estimate of drug-likeness (QED) is 0.862. The first kappa shape index (κ1) is 14.1. The lowest BCUT2D eigenvalue weighted by Crippen LogP contribution is -2.39. The van der Waals surface area contributed by atoms with Crippen LogP contribution >= 0.6 is 0 Å². The van der Waals surface area contributed by atoms with E-state index in [0.717, 1.165) is 32.0 Å². The summed E-state index contributed by atoms with van der Waals surface area (Å²) in [6.07, 6.45) is 2.08. The number of hydrogen-bond donors (Lipinski definition) is 0. The topological polar surface area (TPSA) is 39.5 Å². The SMILES string of the molecule is COc1cccc(CN2CCOC[C@H]2c2cccn2C)n1. The highest BCUT2D eigenvalue weighted by molar-refractivity contribution is 5.17. The Kier molecular flexibility index (Phi) is 4.22. The van der Waals surface area contributed by atoms with Crippen molar-refractivity contribution in [2.45, 2.75) is 12.6 Å². The molecule has 5 nitrogen and oxygen atoms in total. The lowest BCUT2D eigenvalue weighted by atomic mass is 10.1. The molecule has 1 fully saturated rings. The summed E-state index contributed by atoms with van der Waals surface area (Å²) in [4.78, 5) is 6.93. The fourth-order valence-electron chi connectivity index (χ4n) is 2.79. The normalized spacial score (nSPS) is 19.6. The number of morpholine rings is 1. The Morgan fingerprint density at radius 3 is 3.00 bits per heavy atom. The van der Waals surface area contributed by atoms with Crippen molar-refractivity contribution in [2.75, 3.05) is 26.9 Å². The Morgan fingerprint density at radius 2 is 2.24 bits per heavy atom. The second-order valence-electron chi connectivity index (χ2n) is 5.28. The maximum absolute atomic E-state index is 5.67. The average molecular weight is 287 g/mol. The number of methoxy groups -OCH3 is 1. The Balaban J connectivity index is 1.79. The Hall–Kier alpha value is -1.85. The van der Waals surface area contributed by atoms with Gasteiger partial charge < -0.3 is 14.0 Å². The van der Waals surface area contributed by atoms with E-state index in [2.05, 4.69) is 39.8 Å². The highest BCUT2D eigenvalue weighted by atomic mass is 16.5. The zero-order valence-corrected chi connectivity index (χ0v) is 12.5. The summed E-state index contributed by atoms with van der Waals surface area (Å²) in [5.74, 6) is 0.663. The summed E-state index contributed by atoms with van der Waals surface area (Å²) in [7, 11) is 3.72. The van der Waals surface area contributed by atoms with Gasteiger partial charge in [-0.15, -0.1) is 0 Å². The molecule has 0 bridgehead atoms. The second-order valence-corrected chi connectivity index (χ2v) is 5.28. The molecule has 0 spiro atoms. The predicted molar refractivity (Wildman–Crippen MR) is 80.2 cm³/mol. The molecule has 0 unspecified atom stereocenters. The molecule has 1 aliphatic rings. The van der Waals surface area contributed by atoms with Gasteiger partial charge in [-0.25, -0.2) is 4.98 Å². The molecule has 1 saturated heterocycles. The molecule has 5 heteroatoms. The number of nitrogens with zero attached hydrogens (tertiary/aromatic N) is 3. The molecule has 0 radical (unpaired) electrons. The Morgan fingerprint density at radius 1 is 1.33 bits per heavy atom. The van der Waals surface area contributed by atoms with Crippen LogP contribution in [0.1, 0.15) is 17.4 Å². The lowest BCUT2D eigenvalue weighted by molar-refractivity contribution is -0.0157. The number of aromatic nitrogens is 2. The maximum atomic E-state index is 5.67. The zero-order valence-electron chi connectivity index (χ0n) is 12.5. The first-order valence-electron chi connectivity index (χ1n) is 7.21. The molecule has 21 heavy (non-hydrogen) atoms. The molecule has 0 N–H and O–H groups in total. The summed E-state index contributed by atoms with van der Waals surface area (Å²) >= 11 is 0. The van der Waals surface area contributed by atoms with Gasteiger partial charge in [0.05, 0.1) is 32.1 Å². The number of aryl methyl sites for hydroxylation is 1. The van der Waals surface area contributed by atoms with Gasteiger partial charge in [0, 0.05) is 38.1 Å². The van der Waals surface area contributed by atoms with Crippen LogP contribution in [0.5, 0.6) is 5.88 Å². The largest absolute Gasteiger partial charge is 0.481 e. The van der Waals surface area contributed by atoms with Crippen molar-refractivity contribution in [1.29, 1.82) is 0 Å². The van der Waals surface area contributed by atoms with E-state index in [1.54, 1.807) is 7.11 Å². The fraction of sp³-hybridized carbons (Fsp3) is 0.438. The summed E-state index contributed by atoms with van der Waals surface area (Å²) < 4.78 is 13.0. The predicted octanol–water partition coefficient (Wildman–Crippen LogP) is 2.00. The van der Waals surface area contributed by atoms with Crippen molar-refractivity contribution in [2.24, 2.45) is 7.05 Å². The van der Waals surface area contributed by atoms with Crippen LogP contribution in [0, 0.1) is 0 Å². The summed E-state index contributed by atoms with van der Waals surface area (Å²) in [5, 5.41) is 0. The van der Waals surface area contributed by atoms with Crippen molar-refractivity contribution in [3.63, 3.8) is 0 Å². The highest BCUT2D eigenvalue weighted by Gasteiger charge is 2.26. The smallest absolute Gasteiger partial charge is 0.213 e. The highest BCUT2D eigenvalue weighted by Crippen LogP contribution is 2.26. The molecule has 0 aliphatic carbocycles. The van der Waals surface area contributed by atoms with Gasteiger partial charge in [-0.3, -0.25) is 4.90 Å². The second kappa shape index (κ2) is 6.28. The first-order chi connectivity index (χ1) is 10.3. The van der Waals surface area contributed by atoms with E-state index in [9.17, 15) is 0 Å². The standard InChI is InChI=1S/C16H21N3O2/c1-18-8-4-6-14(18)15-12-21-10-9-19(15)11-13-5-3-7-16(17-13)20-2/h3-8,15H,9-12H2,1-2H3/t15-/m0/s1. The fourth-order valence-corrected chi connectivity index (χ4v) is 2.79. The molecule has 0 amide bonds. The van der Waals surface area contributed by atoms with Crippen molar-refractivity contribution in [3.8, 4) is 5.88 Å². The minimum absolute atomic E-state index is 0.270. The van der Waals surface area contributed by atoms with Crippen LogP contribution in [-0.2, 0) is 18.3 Å². The molecule has 2 aromatic heterocycles. The van der Waals surface area contributed by atoms with E-state index in [0.29, 0.717) is 5.88 Å². The van der Waals surface area contributed by atoms with Gasteiger partial charge in [-0.05, 0) is 18.2 Å². The van der Waals surface area contributed by atoms with Crippen LogP contribution in [-0.4, -0.2) is 41.3 Å². The van der Waals surface area contributed by atoms with Gasteiger partial charge >= 0.3 is 0 Å². The Bertz CT molecular complexity index is 597. The minimum Gasteiger partial charge on any atom is -0.481 e. The van der Waals surface area contributed by atoms with E-state index >= 15 is 0 Å². The van der Waals surface area contributed by atoms with Crippen molar-refractivity contribution < 1.29 is 9.47 Å². The van der Waals surface area contributed by atoms with Crippen LogP contribution in [0.2, 0.25) is 0 Å². The van der Waals surface area contributed by atoms with Crippen LogP contribution < -0.4 is 4.74 Å². The molecule has 3 heterocycles. The van der Waals surface area contributed by atoms with E-state index < -0.39 is 0 Å². The van der Waals surface area contributed by atoms with Gasteiger partial charge in [0.15, 0.2) is 0 Å². The third kappa shape index (κ3) is 3.09. The zero-order chi connectivity index (χ0) is 14.7. The molecular weight excluding hydrogens is 266 g/mol. The van der Waals surface area contributed by atoms with Crippen LogP contribution in [0.3, 0.4) is 0 Å². The van der Waals surface area contributed by atoms with Gasteiger partial charge in [0.1, 0.15) is 0 Å². The van der Waals surface area contributed by atoms with Gasteiger partial charge in [-0.2, -0.15) is 0 Å². The van der Waals surface area contributed by atoms with E-state index in [1.165, 1.54) is 5.69 Å². The van der Waals surface area contributed by atoms with Crippen LogP contribution in [0.4, 0.5) is 0 Å². The van der Waals surface area contributed by atoms with Crippen molar-refractivity contribution in [3.05, 3.63) is 47.9 Å². The lowest BCUT2D eigenvalue weighted by Gasteiger charge is -2.35. The number of rotatable bonds is 4. The molecule has 0 saturated carbocycles. The van der Waals surface area contributed by atoms with Crippen LogP contribution in [0.25, 0.3) is 0 Å². The van der Waals surface area contributed by atoms with Gasteiger partial charge in [-0.1, -0.05) is 6.07 Å². The number of pyridine rings is 1. The summed E-state index contributed by atoms with van der Waals surface area (Å²) in [6, 6.07) is 10.4. The third-order valence-corrected chi connectivity index (χ3v) is 3.92. The third-order valence-electron chi connectivity index (χ3n) is 3.92. The first-order valence-corrected chi connectivity index (χ1v) is 7.21. The van der Waals surface area contributed by atoms with Gasteiger partial charge in [0.2, 0.25) is 5.88 Å². The van der Waals surface area contributed by atoms with Crippen LogP contribution in [0.15, 0.2) is 36.5 Å². The molecular formula is C16H21N3O2. The molecule has 112 valence electrons. The molecule has 3 rings (SSSR count). The Labute approximate surface area is 125 Å². The molecule has 2 aromatic rings. The van der Waals surface area contributed by atoms with E-state index in [-0.39, 0.29) is 6.04 Å². The minimum atomic E-state index is 0.270. The molecule has 1 atom stereocenters. The van der Waals surface area contributed by atoms with Gasteiger partial charge in [0.25, 0.3) is 0 Å². The average Bonchev–Trinajstić information content (AvgIpc) is 2.94. The van der Waals surface area contributed by atoms with E-state index in [1.807, 2.05) is 18.2 Å². The maximum Gasteiger partial charge on any atom is 0.213 e. The van der Waals surface area contributed by atoms with Crippen molar-refractivity contribution in [1.82, 2.24) is 14.5 Å².